The predicted octanol–water partition coefficient (Wildman–Crippen LogP) is 3.11. The summed E-state index contributed by atoms with van der Waals surface area (Å²) in [4.78, 5) is 0. The molecule has 0 bridgehead atoms. The Bertz CT molecular complexity index is 335. The molecule has 1 N–H and O–H groups in total. The first-order chi connectivity index (χ1) is 6.79. The summed E-state index contributed by atoms with van der Waals surface area (Å²) in [6, 6.07) is 2.29. The molecule has 0 aliphatic carbocycles. The van der Waals surface area contributed by atoms with E-state index in [2.05, 4.69) is 33.1 Å². The van der Waals surface area contributed by atoms with Crippen LogP contribution in [0.3, 0.4) is 0 Å². The summed E-state index contributed by atoms with van der Waals surface area (Å²) in [6.45, 7) is 1.86. The topological polar surface area (TPSA) is 25.2 Å². The molecule has 0 aliphatic heterocycles. The molecular weight excluding hydrogens is 242 g/mol. The van der Waals surface area contributed by atoms with Gasteiger partial charge < -0.3 is 9.73 Å². The van der Waals surface area contributed by atoms with Crippen LogP contribution >= 0.6 is 15.9 Å². The first-order valence-electron chi connectivity index (χ1n) is 4.59. The van der Waals surface area contributed by atoms with Gasteiger partial charge in [0.25, 0.3) is 0 Å². The molecule has 0 saturated heterocycles. The molecule has 0 aromatic carbocycles. The van der Waals surface area contributed by atoms with Gasteiger partial charge in [0, 0.05) is 18.0 Å². The molecule has 3 heteroatoms. The molecule has 1 aromatic rings. The van der Waals surface area contributed by atoms with Crippen molar-refractivity contribution in [2.45, 2.75) is 25.8 Å². The number of nitrogens with one attached hydrogen (secondary N) is 1. The van der Waals surface area contributed by atoms with Crippen LogP contribution in [0.4, 0.5) is 0 Å². The van der Waals surface area contributed by atoms with Crippen molar-refractivity contribution in [1.29, 1.82) is 0 Å². The SMILES string of the molecule is CC#CCCC(NC)c1ccoc1Br. The Morgan fingerprint density at radius 3 is 2.93 bits per heavy atom. The van der Waals surface area contributed by atoms with Gasteiger partial charge in [0.1, 0.15) is 0 Å². The van der Waals surface area contributed by atoms with Crippen molar-refractivity contribution in [2.24, 2.45) is 0 Å². The summed E-state index contributed by atoms with van der Waals surface area (Å²) in [5.41, 5.74) is 1.16. The van der Waals surface area contributed by atoms with E-state index in [0.29, 0.717) is 6.04 Å². The third kappa shape index (κ3) is 2.90. The van der Waals surface area contributed by atoms with Crippen LogP contribution in [0, 0.1) is 11.8 Å². The molecular formula is C11H14BrNO. The summed E-state index contributed by atoms with van der Waals surface area (Å²) < 4.78 is 6.00. The van der Waals surface area contributed by atoms with E-state index < -0.39 is 0 Å². The Morgan fingerprint density at radius 2 is 2.43 bits per heavy atom. The third-order valence-electron chi connectivity index (χ3n) is 2.10. The Labute approximate surface area is 93.2 Å². The minimum atomic E-state index is 0.309. The van der Waals surface area contributed by atoms with Gasteiger partial charge in [-0.05, 0) is 42.4 Å². The van der Waals surface area contributed by atoms with E-state index >= 15 is 0 Å². The van der Waals surface area contributed by atoms with Crippen LogP contribution in [-0.4, -0.2) is 7.05 Å². The standard InChI is InChI=1S/C11H14BrNO/c1-3-4-5-6-10(13-2)9-7-8-14-11(9)12/h7-8,10,13H,5-6H2,1-2H3. The summed E-state index contributed by atoms with van der Waals surface area (Å²) in [7, 11) is 1.95. The molecule has 1 rings (SSSR count). The molecule has 0 amide bonds. The van der Waals surface area contributed by atoms with Crippen molar-refractivity contribution < 1.29 is 4.42 Å². The lowest BCUT2D eigenvalue weighted by molar-refractivity contribution is 0.509. The van der Waals surface area contributed by atoms with E-state index in [4.69, 9.17) is 4.42 Å². The van der Waals surface area contributed by atoms with Crippen LogP contribution < -0.4 is 5.32 Å². The van der Waals surface area contributed by atoms with Crippen LogP contribution in [0.25, 0.3) is 0 Å². The molecule has 0 radical (unpaired) electrons. The molecule has 1 aromatic heterocycles. The van der Waals surface area contributed by atoms with E-state index in [-0.39, 0.29) is 0 Å². The van der Waals surface area contributed by atoms with E-state index in [0.717, 1.165) is 23.1 Å². The fourth-order valence-corrected chi connectivity index (χ4v) is 1.87. The normalized spacial score (nSPS) is 11.9. The average Bonchev–Trinajstić information content (AvgIpc) is 2.60. The second-order valence-electron chi connectivity index (χ2n) is 2.96. The van der Waals surface area contributed by atoms with Gasteiger partial charge >= 0.3 is 0 Å². The lowest BCUT2D eigenvalue weighted by Crippen LogP contribution is -2.15. The van der Waals surface area contributed by atoms with Crippen molar-refractivity contribution in [1.82, 2.24) is 5.32 Å². The van der Waals surface area contributed by atoms with E-state index in [9.17, 15) is 0 Å². The van der Waals surface area contributed by atoms with E-state index in [1.807, 2.05) is 20.0 Å². The maximum absolute atomic E-state index is 5.19. The van der Waals surface area contributed by atoms with Gasteiger partial charge in [0.05, 0.1) is 6.26 Å². The highest BCUT2D eigenvalue weighted by Gasteiger charge is 2.13. The number of rotatable bonds is 4. The highest BCUT2D eigenvalue weighted by Crippen LogP contribution is 2.26. The largest absolute Gasteiger partial charge is 0.457 e. The van der Waals surface area contributed by atoms with Gasteiger partial charge in [0.15, 0.2) is 4.67 Å². The molecule has 1 heterocycles. The molecule has 1 unspecified atom stereocenters. The van der Waals surface area contributed by atoms with Crippen molar-refractivity contribution in [2.75, 3.05) is 7.05 Å². The van der Waals surface area contributed by atoms with Crippen LogP contribution in [0.5, 0.6) is 0 Å². The average molecular weight is 256 g/mol. The van der Waals surface area contributed by atoms with Gasteiger partial charge in [-0.2, -0.15) is 0 Å². The molecule has 0 spiro atoms. The smallest absolute Gasteiger partial charge is 0.173 e. The molecule has 76 valence electrons. The van der Waals surface area contributed by atoms with E-state index in [1.54, 1.807) is 6.26 Å². The molecule has 0 fully saturated rings. The molecule has 0 aliphatic rings. The Hall–Kier alpha value is -0.720. The minimum absolute atomic E-state index is 0.309. The van der Waals surface area contributed by atoms with E-state index in [1.165, 1.54) is 0 Å². The minimum Gasteiger partial charge on any atom is -0.457 e. The second kappa shape index (κ2) is 5.90. The first kappa shape index (κ1) is 11.4. The second-order valence-corrected chi connectivity index (χ2v) is 3.68. The number of furan rings is 1. The number of halogens is 1. The zero-order valence-electron chi connectivity index (χ0n) is 8.43. The highest BCUT2D eigenvalue weighted by atomic mass is 79.9. The monoisotopic (exact) mass is 255 g/mol. The zero-order chi connectivity index (χ0) is 10.4. The Kier molecular flexibility index (Phi) is 4.78. The quantitative estimate of drug-likeness (QED) is 0.837. The first-order valence-corrected chi connectivity index (χ1v) is 5.38. The zero-order valence-corrected chi connectivity index (χ0v) is 10.0. The maximum Gasteiger partial charge on any atom is 0.173 e. The van der Waals surface area contributed by atoms with Gasteiger partial charge in [-0.3, -0.25) is 0 Å². The Morgan fingerprint density at radius 1 is 1.64 bits per heavy atom. The molecule has 14 heavy (non-hydrogen) atoms. The van der Waals surface area contributed by atoms with Crippen LogP contribution in [0.15, 0.2) is 21.4 Å². The fourth-order valence-electron chi connectivity index (χ4n) is 1.35. The third-order valence-corrected chi connectivity index (χ3v) is 2.75. The Balaban J connectivity index is 2.61. The van der Waals surface area contributed by atoms with Gasteiger partial charge in [0.2, 0.25) is 0 Å². The van der Waals surface area contributed by atoms with Gasteiger partial charge in [-0.15, -0.1) is 11.8 Å². The van der Waals surface area contributed by atoms with Crippen molar-refractivity contribution in [3.05, 3.63) is 22.6 Å². The van der Waals surface area contributed by atoms with Crippen LogP contribution in [0.1, 0.15) is 31.4 Å². The fraction of sp³-hybridized carbons (Fsp3) is 0.455. The summed E-state index contributed by atoms with van der Waals surface area (Å²) in [5, 5.41) is 3.25. The predicted molar refractivity (Wildman–Crippen MR) is 60.9 cm³/mol. The van der Waals surface area contributed by atoms with Crippen molar-refractivity contribution in [3.63, 3.8) is 0 Å². The van der Waals surface area contributed by atoms with Crippen LogP contribution in [0.2, 0.25) is 0 Å². The summed E-state index contributed by atoms with van der Waals surface area (Å²) >= 11 is 3.37. The molecule has 1 atom stereocenters. The highest BCUT2D eigenvalue weighted by molar-refractivity contribution is 9.10. The van der Waals surface area contributed by atoms with Gasteiger partial charge in [-0.25, -0.2) is 0 Å². The lowest BCUT2D eigenvalue weighted by Gasteiger charge is -2.12. The number of hydrogen-bond acceptors (Lipinski definition) is 2. The van der Waals surface area contributed by atoms with Gasteiger partial charge in [-0.1, -0.05) is 0 Å². The molecule has 0 saturated carbocycles. The maximum atomic E-state index is 5.19. The van der Waals surface area contributed by atoms with Crippen molar-refractivity contribution in [3.8, 4) is 11.8 Å². The number of hydrogen-bond donors (Lipinski definition) is 1. The molecule has 2 nitrogen and oxygen atoms in total. The van der Waals surface area contributed by atoms with Crippen molar-refractivity contribution >= 4 is 15.9 Å². The lowest BCUT2D eigenvalue weighted by atomic mass is 10.1. The van der Waals surface area contributed by atoms with Crippen LogP contribution in [-0.2, 0) is 0 Å². The summed E-state index contributed by atoms with van der Waals surface area (Å²) in [5.74, 6) is 5.95. The summed E-state index contributed by atoms with van der Waals surface area (Å²) in [6.07, 6.45) is 3.59.